The van der Waals surface area contributed by atoms with Crippen molar-refractivity contribution in [2.24, 2.45) is 0 Å². The molecule has 0 unspecified atom stereocenters. The van der Waals surface area contributed by atoms with E-state index in [1.165, 1.54) is 25.3 Å². The highest BCUT2D eigenvalue weighted by molar-refractivity contribution is 7.80. The van der Waals surface area contributed by atoms with Crippen LogP contribution >= 0.6 is 0 Å². The molecule has 7 N–H and O–H groups in total. The lowest BCUT2D eigenvalue weighted by Crippen LogP contribution is -2.62. The van der Waals surface area contributed by atoms with Crippen molar-refractivity contribution in [3.63, 3.8) is 0 Å². The molecule has 0 radical (unpaired) electrons. The molecule has 1 aliphatic heterocycles. The first-order valence-corrected chi connectivity index (χ1v) is 12.0. The van der Waals surface area contributed by atoms with E-state index in [-0.39, 0.29) is 22.8 Å². The summed E-state index contributed by atoms with van der Waals surface area (Å²) in [5, 5.41) is 60.1. The van der Waals surface area contributed by atoms with Gasteiger partial charge in [-0.1, -0.05) is 0 Å². The molecule has 1 aliphatic rings. The highest BCUT2D eigenvalue weighted by Crippen LogP contribution is 2.42. The van der Waals surface area contributed by atoms with E-state index < -0.39 is 80.7 Å². The smallest absolute Gasteiger partial charge is 0.397 e. The Balaban J connectivity index is 1.85. The lowest BCUT2D eigenvalue weighted by Gasteiger charge is -2.39. The van der Waals surface area contributed by atoms with Gasteiger partial charge in [-0.2, -0.15) is 8.42 Å². The van der Waals surface area contributed by atoms with E-state index in [1.807, 2.05) is 0 Å². The fraction of sp³-hybridized carbons (Fsp3) is 0.273. The van der Waals surface area contributed by atoms with Crippen molar-refractivity contribution in [3.8, 4) is 40.1 Å². The average Bonchev–Trinajstić information content (AvgIpc) is 2.84. The van der Waals surface area contributed by atoms with E-state index in [0.29, 0.717) is 6.07 Å². The molecule has 4 rings (SSSR count). The maximum Gasteiger partial charge on any atom is 0.397 e. The number of aliphatic carboxylic acids is 1. The van der Waals surface area contributed by atoms with Crippen molar-refractivity contribution < 1.29 is 71.2 Å². The second-order valence-electron chi connectivity index (χ2n) is 8.16. The molecule has 2 heterocycles. The lowest BCUT2D eigenvalue weighted by atomic mass is 9.99. The van der Waals surface area contributed by atoms with Crippen molar-refractivity contribution in [1.82, 2.24) is 0 Å². The predicted octanol–water partition coefficient (Wildman–Crippen LogP) is -0.317. The zero-order valence-electron chi connectivity index (χ0n) is 19.5. The summed E-state index contributed by atoms with van der Waals surface area (Å²) >= 11 is 0. The minimum Gasteiger partial charge on any atom is -0.507 e. The molecule has 3 aromatic rings. The second kappa shape index (κ2) is 10.2. The number of carbonyl (C=O) groups is 1. The molecule has 5 atom stereocenters. The van der Waals surface area contributed by atoms with Gasteiger partial charge in [0.25, 0.3) is 0 Å². The quantitative estimate of drug-likeness (QED) is 0.179. The minimum absolute atomic E-state index is 0.00681. The third kappa shape index (κ3) is 5.39. The van der Waals surface area contributed by atoms with Gasteiger partial charge >= 0.3 is 16.4 Å². The summed E-state index contributed by atoms with van der Waals surface area (Å²) in [5.74, 6) is -4.68. The summed E-state index contributed by atoms with van der Waals surface area (Å²) in [7, 11) is -4.06. The molecule has 0 bridgehead atoms. The maximum absolute atomic E-state index is 12.9. The second-order valence-corrected chi connectivity index (χ2v) is 9.21. The number of aromatic hydroxyl groups is 3. The van der Waals surface area contributed by atoms with Crippen molar-refractivity contribution >= 4 is 27.3 Å². The van der Waals surface area contributed by atoms with Crippen LogP contribution in [-0.2, 0) is 24.1 Å². The minimum atomic E-state index is -5.33. The van der Waals surface area contributed by atoms with Gasteiger partial charge in [0, 0.05) is 17.7 Å². The Kier molecular flexibility index (Phi) is 7.30. The van der Waals surface area contributed by atoms with Crippen LogP contribution < -0.4 is 14.9 Å². The number of hydrogen-bond acceptors (Lipinski definition) is 14. The maximum atomic E-state index is 12.9. The molecule has 0 aliphatic carbocycles. The molecule has 0 amide bonds. The molecule has 0 spiro atoms. The number of hydrogen-bond donors (Lipinski definition) is 7. The van der Waals surface area contributed by atoms with Crippen LogP contribution in [0.15, 0.2) is 39.5 Å². The van der Waals surface area contributed by atoms with Gasteiger partial charge in [-0.3, -0.25) is 9.35 Å². The fourth-order valence-electron chi connectivity index (χ4n) is 3.87. The Labute approximate surface area is 217 Å². The monoisotopic (exact) mass is 572 g/mol. The van der Waals surface area contributed by atoms with Gasteiger partial charge in [0.05, 0.1) is 7.11 Å². The number of fused-ring (bicyclic) bond motifs is 1. The zero-order valence-corrected chi connectivity index (χ0v) is 20.3. The van der Waals surface area contributed by atoms with E-state index in [2.05, 4.69) is 4.18 Å². The van der Waals surface area contributed by atoms with Gasteiger partial charge in [0.15, 0.2) is 34.4 Å². The molecular formula is C22H20O16S. The number of carboxylic acids is 1. The Morgan fingerprint density at radius 2 is 1.69 bits per heavy atom. The first-order valence-electron chi connectivity index (χ1n) is 10.7. The third-order valence-electron chi connectivity index (χ3n) is 5.63. The fourth-order valence-corrected chi connectivity index (χ4v) is 4.38. The Bertz CT molecular complexity index is 1600. The summed E-state index contributed by atoms with van der Waals surface area (Å²) in [5.41, 5.74) is -1.29. The number of phenolic OH excluding ortho intramolecular Hbond substituents is 3. The van der Waals surface area contributed by atoms with E-state index in [1.54, 1.807) is 0 Å². The lowest BCUT2D eigenvalue weighted by molar-refractivity contribution is -0.266. The van der Waals surface area contributed by atoms with Crippen molar-refractivity contribution in [1.29, 1.82) is 0 Å². The number of phenols is 3. The van der Waals surface area contributed by atoms with Gasteiger partial charge < -0.3 is 49.3 Å². The number of ether oxygens (including phenoxy) is 3. The first kappa shape index (κ1) is 27.9. The largest absolute Gasteiger partial charge is 0.507 e. The van der Waals surface area contributed by atoms with Crippen LogP contribution in [0, 0.1) is 0 Å². The molecule has 39 heavy (non-hydrogen) atoms. The number of rotatable bonds is 7. The van der Waals surface area contributed by atoms with Crippen LogP contribution in [-0.4, -0.2) is 87.4 Å². The number of methoxy groups -OCH3 is 1. The molecule has 210 valence electrons. The Morgan fingerprint density at radius 3 is 2.31 bits per heavy atom. The topological polar surface area (TPSA) is 260 Å². The average molecular weight is 572 g/mol. The van der Waals surface area contributed by atoms with E-state index in [0.717, 1.165) is 6.07 Å². The van der Waals surface area contributed by atoms with Crippen LogP contribution in [0.2, 0.25) is 0 Å². The SMILES string of the molecule is COc1cc(-c2cc(=O)c3c(O)cc(O)c(O[C@@H]4O[C@H](C(=O)O)[C@@H](O)[C@H](OS(=O)(=O)O)[C@H]4O)c3o2)ccc1O. The molecule has 1 aromatic heterocycles. The van der Waals surface area contributed by atoms with E-state index >= 15 is 0 Å². The third-order valence-corrected chi connectivity index (χ3v) is 6.10. The van der Waals surface area contributed by atoms with Crippen molar-refractivity contribution in [3.05, 3.63) is 40.6 Å². The molecule has 16 nitrogen and oxygen atoms in total. The molecule has 2 aromatic carbocycles. The van der Waals surface area contributed by atoms with Gasteiger partial charge in [-0.25, -0.2) is 8.98 Å². The highest BCUT2D eigenvalue weighted by Gasteiger charge is 2.51. The standard InChI is InChI=1S/C22H20O16S/c1-34-13-4-7(2-3-8(13)23)12-6-10(25)14-9(24)5-11(26)17(18(14)35-12)36-22-16(28)19(38-39(31,32)33)15(27)20(37-22)21(29)30/h2-6,15-16,19-20,22-24,26-28H,1H3,(H,29,30)(H,31,32,33)/t15-,16+,19-,20-,22+/m0/s1. The Morgan fingerprint density at radius 1 is 1.00 bits per heavy atom. The number of aliphatic hydroxyl groups is 2. The number of carboxylic acid groups (broad SMARTS) is 1. The van der Waals surface area contributed by atoms with Crippen molar-refractivity contribution in [2.45, 2.75) is 30.7 Å². The summed E-state index contributed by atoms with van der Waals surface area (Å²) < 4.78 is 56.8. The Hall–Kier alpha value is -4.13. The van der Waals surface area contributed by atoms with E-state index in [4.69, 9.17) is 23.2 Å². The number of benzene rings is 2. The van der Waals surface area contributed by atoms with Crippen LogP contribution in [0.4, 0.5) is 0 Å². The molecule has 1 saturated heterocycles. The van der Waals surface area contributed by atoms with Crippen LogP contribution in [0.5, 0.6) is 28.7 Å². The summed E-state index contributed by atoms with van der Waals surface area (Å²) in [6.45, 7) is 0. The summed E-state index contributed by atoms with van der Waals surface area (Å²) in [4.78, 5) is 24.5. The van der Waals surface area contributed by atoms with E-state index in [9.17, 15) is 48.6 Å². The normalized spacial score (nSPS) is 23.4. The first-order chi connectivity index (χ1) is 18.2. The van der Waals surface area contributed by atoms with Gasteiger partial charge in [0.1, 0.15) is 35.2 Å². The molecule has 0 saturated carbocycles. The summed E-state index contributed by atoms with van der Waals surface area (Å²) in [6.07, 6.45) is -11.4. The van der Waals surface area contributed by atoms with Gasteiger partial charge in [0.2, 0.25) is 12.0 Å². The van der Waals surface area contributed by atoms with Crippen molar-refractivity contribution in [2.75, 3.05) is 7.11 Å². The molecular weight excluding hydrogens is 552 g/mol. The van der Waals surface area contributed by atoms with Crippen LogP contribution in [0.3, 0.4) is 0 Å². The highest BCUT2D eigenvalue weighted by atomic mass is 32.3. The molecule has 17 heteroatoms. The molecule has 1 fully saturated rings. The zero-order chi connectivity index (χ0) is 28.8. The number of aliphatic hydroxyl groups excluding tert-OH is 2. The van der Waals surface area contributed by atoms with Crippen LogP contribution in [0.25, 0.3) is 22.3 Å². The van der Waals surface area contributed by atoms with Gasteiger partial charge in [-0.15, -0.1) is 0 Å². The van der Waals surface area contributed by atoms with Gasteiger partial charge in [-0.05, 0) is 18.2 Å². The van der Waals surface area contributed by atoms with Crippen LogP contribution in [0.1, 0.15) is 0 Å². The summed E-state index contributed by atoms with van der Waals surface area (Å²) in [6, 6.07) is 5.51. The predicted molar refractivity (Wildman–Crippen MR) is 125 cm³/mol.